The topological polar surface area (TPSA) is 35.2 Å². The molecule has 3 heteroatoms. The summed E-state index contributed by atoms with van der Waals surface area (Å²) >= 11 is 1.69. The molecule has 0 aliphatic rings. The van der Waals surface area contributed by atoms with Crippen LogP contribution in [-0.2, 0) is 0 Å². The van der Waals surface area contributed by atoms with Gasteiger partial charge in [0.2, 0.25) is 0 Å². The van der Waals surface area contributed by atoms with Crippen LogP contribution in [0.3, 0.4) is 0 Å². The summed E-state index contributed by atoms with van der Waals surface area (Å²) in [6.45, 7) is 0. The molecule has 0 saturated heterocycles. The molecule has 3 rings (SSSR count). The van der Waals surface area contributed by atoms with E-state index in [1.54, 1.807) is 18.4 Å². The molecule has 0 fully saturated rings. The molecular weight excluding hydrogens is 242 g/mol. The predicted octanol–water partition coefficient (Wildman–Crippen LogP) is 4.16. The van der Waals surface area contributed by atoms with Gasteiger partial charge < -0.3 is 10.5 Å². The van der Waals surface area contributed by atoms with E-state index in [-0.39, 0.29) is 0 Å². The van der Waals surface area contributed by atoms with Crippen LogP contribution in [0.1, 0.15) is 0 Å². The summed E-state index contributed by atoms with van der Waals surface area (Å²) < 4.78 is 6.42. The number of hydrogen-bond donors (Lipinski definition) is 1. The fourth-order valence-electron chi connectivity index (χ4n) is 2.08. The number of ether oxygens (including phenoxy) is 1. The minimum atomic E-state index is 0.852. The zero-order valence-electron chi connectivity index (χ0n) is 10.0. The molecule has 0 atom stereocenters. The minimum absolute atomic E-state index is 0.852. The molecule has 0 bridgehead atoms. The Morgan fingerprint density at radius 3 is 2.56 bits per heavy atom. The Kier molecular flexibility index (Phi) is 2.68. The molecule has 2 nitrogen and oxygen atoms in total. The molecule has 0 spiro atoms. The molecule has 0 amide bonds. The number of anilines is 1. The second kappa shape index (κ2) is 4.35. The Hall–Kier alpha value is -2.00. The van der Waals surface area contributed by atoms with Crippen LogP contribution in [0.4, 0.5) is 5.69 Å². The SMILES string of the molecule is COc1ccc(-c2cccc3c(N)csc23)cc1. The predicted molar refractivity (Wildman–Crippen MR) is 78.2 cm³/mol. The average molecular weight is 255 g/mol. The van der Waals surface area contributed by atoms with Crippen LogP contribution < -0.4 is 10.5 Å². The molecule has 90 valence electrons. The molecule has 3 aromatic rings. The maximum Gasteiger partial charge on any atom is 0.118 e. The lowest BCUT2D eigenvalue weighted by molar-refractivity contribution is 0.415. The van der Waals surface area contributed by atoms with Crippen molar-refractivity contribution in [3.05, 3.63) is 47.8 Å². The van der Waals surface area contributed by atoms with E-state index in [1.165, 1.54) is 15.8 Å². The van der Waals surface area contributed by atoms with Crippen LogP contribution in [0, 0.1) is 0 Å². The van der Waals surface area contributed by atoms with Crippen molar-refractivity contribution in [2.75, 3.05) is 12.8 Å². The zero-order chi connectivity index (χ0) is 12.5. The quantitative estimate of drug-likeness (QED) is 0.746. The van der Waals surface area contributed by atoms with Crippen molar-refractivity contribution >= 4 is 27.1 Å². The van der Waals surface area contributed by atoms with E-state index in [2.05, 4.69) is 24.3 Å². The van der Waals surface area contributed by atoms with Crippen molar-refractivity contribution in [1.29, 1.82) is 0 Å². The highest BCUT2D eigenvalue weighted by molar-refractivity contribution is 7.18. The monoisotopic (exact) mass is 255 g/mol. The van der Waals surface area contributed by atoms with Gasteiger partial charge in [0.15, 0.2) is 0 Å². The van der Waals surface area contributed by atoms with Gasteiger partial charge in [-0.25, -0.2) is 0 Å². The summed E-state index contributed by atoms with van der Waals surface area (Å²) in [5.41, 5.74) is 9.21. The first kappa shape index (κ1) is 11.1. The minimum Gasteiger partial charge on any atom is -0.497 e. The average Bonchev–Trinajstić information content (AvgIpc) is 2.81. The first-order valence-corrected chi connectivity index (χ1v) is 6.57. The fraction of sp³-hybridized carbons (Fsp3) is 0.0667. The second-order valence-electron chi connectivity index (χ2n) is 4.10. The highest BCUT2D eigenvalue weighted by atomic mass is 32.1. The number of rotatable bonds is 2. The summed E-state index contributed by atoms with van der Waals surface area (Å²) in [4.78, 5) is 0. The number of benzene rings is 2. The van der Waals surface area contributed by atoms with Gasteiger partial charge in [-0.2, -0.15) is 0 Å². The van der Waals surface area contributed by atoms with Gasteiger partial charge in [-0.15, -0.1) is 11.3 Å². The normalized spacial score (nSPS) is 10.7. The molecule has 2 aromatic carbocycles. The van der Waals surface area contributed by atoms with E-state index in [0.29, 0.717) is 0 Å². The van der Waals surface area contributed by atoms with E-state index >= 15 is 0 Å². The number of fused-ring (bicyclic) bond motifs is 1. The molecular formula is C15H13NOS. The van der Waals surface area contributed by atoms with E-state index in [4.69, 9.17) is 10.5 Å². The van der Waals surface area contributed by atoms with Gasteiger partial charge in [0.1, 0.15) is 5.75 Å². The summed E-state index contributed by atoms with van der Waals surface area (Å²) in [6, 6.07) is 14.3. The molecule has 2 N–H and O–H groups in total. The van der Waals surface area contributed by atoms with Crippen molar-refractivity contribution in [3.8, 4) is 16.9 Å². The highest BCUT2D eigenvalue weighted by Gasteiger charge is 2.07. The van der Waals surface area contributed by atoms with E-state index in [9.17, 15) is 0 Å². The summed E-state index contributed by atoms with van der Waals surface area (Å²) in [6.07, 6.45) is 0. The van der Waals surface area contributed by atoms with E-state index in [0.717, 1.165) is 16.8 Å². The molecule has 0 aliphatic carbocycles. The maximum atomic E-state index is 5.96. The molecule has 1 heterocycles. The van der Waals surface area contributed by atoms with Crippen LogP contribution in [0.15, 0.2) is 47.8 Å². The summed E-state index contributed by atoms with van der Waals surface area (Å²) in [5, 5.41) is 3.13. The van der Waals surface area contributed by atoms with Crippen molar-refractivity contribution in [3.63, 3.8) is 0 Å². The van der Waals surface area contributed by atoms with Crippen LogP contribution in [0.25, 0.3) is 21.2 Å². The smallest absolute Gasteiger partial charge is 0.118 e. The van der Waals surface area contributed by atoms with Crippen LogP contribution in [-0.4, -0.2) is 7.11 Å². The number of nitrogen functional groups attached to an aromatic ring is 1. The fourth-order valence-corrected chi connectivity index (χ4v) is 3.07. The lowest BCUT2D eigenvalue weighted by atomic mass is 10.0. The molecule has 0 unspecified atom stereocenters. The third-order valence-corrected chi connectivity index (χ3v) is 4.08. The van der Waals surface area contributed by atoms with E-state index < -0.39 is 0 Å². The Balaban J connectivity index is 2.18. The lowest BCUT2D eigenvalue weighted by Gasteiger charge is -2.05. The highest BCUT2D eigenvalue weighted by Crippen LogP contribution is 2.36. The number of methoxy groups -OCH3 is 1. The van der Waals surface area contributed by atoms with Crippen LogP contribution in [0.5, 0.6) is 5.75 Å². The third kappa shape index (κ3) is 1.73. The Morgan fingerprint density at radius 2 is 1.83 bits per heavy atom. The van der Waals surface area contributed by atoms with Gasteiger partial charge >= 0.3 is 0 Å². The molecule has 0 saturated carbocycles. The number of hydrogen-bond acceptors (Lipinski definition) is 3. The van der Waals surface area contributed by atoms with Gasteiger partial charge in [-0.05, 0) is 23.3 Å². The van der Waals surface area contributed by atoms with Gasteiger partial charge in [0.25, 0.3) is 0 Å². The zero-order valence-corrected chi connectivity index (χ0v) is 10.8. The number of thiophene rings is 1. The lowest BCUT2D eigenvalue weighted by Crippen LogP contribution is -1.84. The maximum absolute atomic E-state index is 5.96. The molecule has 0 radical (unpaired) electrons. The Bertz CT molecular complexity index is 685. The number of nitrogens with two attached hydrogens (primary N) is 1. The van der Waals surface area contributed by atoms with E-state index in [1.807, 2.05) is 23.6 Å². The van der Waals surface area contributed by atoms with Gasteiger partial charge in [0, 0.05) is 15.5 Å². The van der Waals surface area contributed by atoms with Gasteiger partial charge in [0.05, 0.1) is 12.8 Å². The second-order valence-corrected chi connectivity index (χ2v) is 4.98. The van der Waals surface area contributed by atoms with Gasteiger partial charge in [-0.3, -0.25) is 0 Å². The first-order valence-electron chi connectivity index (χ1n) is 5.69. The van der Waals surface area contributed by atoms with Gasteiger partial charge in [-0.1, -0.05) is 30.3 Å². The molecule has 1 aromatic heterocycles. The van der Waals surface area contributed by atoms with Crippen molar-refractivity contribution in [2.24, 2.45) is 0 Å². The van der Waals surface area contributed by atoms with Crippen molar-refractivity contribution < 1.29 is 4.74 Å². The molecule has 18 heavy (non-hydrogen) atoms. The molecule has 0 aliphatic heterocycles. The van der Waals surface area contributed by atoms with Crippen molar-refractivity contribution in [1.82, 2.24) is 0 Å². The van der Waals surface area contributed by atoms with Crippen molar-refractivity contribution in [2.45, 2.75) is 0 Å². The Labute approximate surface area is 110 Å². The third-order valence-electron chi connectivity index (χ3n) is 3.03. The van der Waals surface area contributed by atoms with Crippen LogP contribution in [0.2, 0.25) is 0 Å². The standard InChI is InChI=1S/C15H13NOS/c1-17-11-7-5-10(6-8-11)12-3-2-4-13-14(16)9-18-15(12)13/h2-9H,16H2,1H3. The largest absolute Gasteiger partial charge is 0.497 e. The summed E-state index contributed by atoms with van der Waals surface area (Å²) in [5.74, 6) is 0.872. The summed E-state index contributed by atoms with van der Waals surface area (Å²) in [7, 11) is 1.68. The van der Waals surface area contributed by atoms with Crippen LogP contribution >= 0.6 is 11.3 Å². The first-order chi connectivity index (χ1) is 8.79. The Morgan fingerprint density at radius 1 is 1.06 bits per heavy atom.